The van der Waals surface area contributed by atoms with Gasteiger partial charge in [-0.2, -0.15) is 9.78 Å². The summed E-state index contributed by atoms with van der Waals surface area (Å²) < 4.78 is 1.31. The summed E-state index contributed by atoms with van der Waals surface area (Å²) >= 11 is 6.34. The smallest absolute Gasteiger partial charge is 0.292 e. The van der Waals surface area contributed by atoms with Crippen molar-refractivity contribution in [2.75, 3.05) is 18.4 Å². The number of nitrogens with zero attached hydrogens (tertiary/aromatic N) is 3. The van der Waals surface area contributed by atoms with E-state index in [0.29, 0.717) is 17.9 Å². The van der Waals surface area contributed by atoms with E-state index in [-0.39, 0.29) is 10.6 Å². The summed E-state index contributed by atoms with van der Waals surface area (Å²) in [5.41, 5.74) is 3.33. The molecule has 3 rings (SSSR count). The fraction of sp³-hybridized carbons (Fsp3) is 0.273. The van der Waals surface area contributed by atoms with Gasteiger partial charge in [0.25, 0.3) is 5.56 Å². The fourth-order valence-corrected chi connectivity index (χ4v) is 3.27. The van der Waals surface area contributed by atoms with Crippen LogP contribution in [0.5, 0.6) is 0 Å². The van der Waals surface area contributed by atoms with Crippen molar-refractivity contribution in [3.63, 3.8) is 0 Å². The Kier molecular flexibility index (Phi) is 6.85. The van der Waals surface area contributed by atoms with Gasteiger partial charge in [-0.05, 0) is 36.3 Å². The van der Waals surface area contributed by atoms with Gasteiger partial charge < -0.3 is 5.32 Å². The number of hydrogen-bond donors (Lipinski definition) is 1. The van der Waals surface area contributed by atoms with Crippen molar-refractivity contribution in [2.24, 2.45) is 0 Å². The molecule has 28 heavy (non-hydrogen) atoms. The van der Waals surface area contributed by atoms with Crippen LogP contribution < -0.4 is 10.9 Å². The Balaban J connectivity index is 1.79. The normalized spacial score (nSPS) is 11.0. The highest BCUT2D eigenvalue weighted by molar-refractivity contribution is 6.32. The number of nitrogens with one attached hydrogen (secondary N) is 1. The van der Waals surface area contributed by atoms with Gasteiger partial charge in [0.05, 0.1) is 17.6 Å². The fourth-order valence-electron chi connectivity index (χ4n) is 3.07. The molecule has 2 aromatic carbocycles. The summed E-state index contributed by atoms with van der Waals surface area (Å²) in [6.07, 6.45) is 1.60. The van der Waals surface area contributed by atoms with Crippen LogP contribution >= 0.6 is 11.6 Å². The van der Waals surface area contributed by atoms with Gasteiger partial charge in [-0.3, -0.25) is 9.69 Å². The van der Waals surface area contributed by atoms with Crippen molar-refractivity contribution in [3.8, 4) is 5.69 Å². The van der Waals surface area contributed by atoms with Crippen LogP contribution in [0.2, 0.25) is 5.02 Å². The summed E-state index contributed by atoms with van der Waals surface area (Å²) in [7, 11) is 0. The molecule has 0 aliphatic carbocycles. The minimum absolute atomic E-state index is 0.139. The van der Waals surface area contributed by atoms with Gasteiger partial charge >= 0.3 is 0 Å². The zero-order valence-corrected chi connectivity index (χ0v) is 17.0. The number of para-hydroxylation sites is 1. The van der Waals surface area contributed by atoms with E-state index in [9.17, 15) is 4.79 Å². The highest BCUT2D eigenvalue weighted by Gasteiger charge is 2.12. The second-order valence-corrected chi connectivity index (χ2v) is 6.89. The Morgan fingerprint density at radius 2 is 1.64 bits per heavy atom. The number of benzene rings is 2. The molecule has 1 aromatic heterocycles. The van der Waals surface area contributed by atoms with Gasteiger partial charge in [0.1, 0.15) is 5.02 Å². The predicted molar refractivity (Wildman–Crippen MR) is 115 cm³/mol. The highest BCUT2D eigenvalue weighted by Crippen LogP contribution is 2.19. The Hall–Kier alpha value is -2.63. The highest BCUT2D eigenvalue weighted by atomic mass is 35.5. The molecule has 0 saturated heterocycles. The molecule has 3 aromatic rings. The average molecular weight is 397 g/mol. The van der Waals surface area contributed by atoms with E-state index >= 15 is 0 Å². The minimum Gasteiger partial charge on any atom is -0.378 e. The molecule has 1 N–H and O–H groups in total. The summed E-state index contributed by atoms with van der Waals surface area (Å²) in [6.45, 7) is 7.81. The van der Waals surface area contributed by atoms with Crippen molar-refractivity contribution in [1.29, 1.82) is 0 Å². The maximum absolute atomic E-state index is 12.6. The van der Waals surface area contributed by atoms with Gasteiger partial charge in [0.15, 0.2) is 0 Å². The lowest BCUT2D eigenvalue weighted by Crippen LogP contribution is -2.24. The monoisotopic (exact) mass is 396 g/mol. The molecule has 6 heteroatoms. The SMILES string of the molecule is CCN(CC)Cc1ccccc1CNc1cnn(-c2ccccc2)c(=O)c1Cl. The van der Waals surface area contributed by atoms with Gasteiger partial charge in [-0.25, -0.2) is 0 Å². The largest absolute Gasteiger partial charge is 0.378 e. The third-order valence-corrected chi connectivity index (χ3v) is 5.16. The summed E-state index contributed by atoms with van der Waals surface area (Å²) in [6, 6.07) is 17.6. The number of hydrogen-bond acceptors (Lipinski definition) is 4. The van der Waals surface area contributed by atoms with Crippen LogP contribution in [0.4, 0.5) is 5.69 Å². The molecule has 0 fully saturated rings. The van der Waals surface area contributed by atoms with E-state index in [1.165, 1.54) is 15.8 Å². The second kappa shape index (κ2) is 9.53. The predicted octanol–water partition coefficient (Wildman–Crippen LogP) is 4.34. The third-order valence-electron chi connectivity index (χ3n) is 4.80. The van der Waals surface area contributed by atoms with Crippen molar-refractivity contribution in [2.45, 2.75) is 26.9 Å². The van der Waals surface area contributed by atoms with E-state index in [2.05, 4.69) is 47.4 Å². The molecule has 0 aliphatic rings. The molecule has 5 nitrogen and oxygen atoms in total. The zero-order valence-electron chi connectivity index (χ0n) is 16.2. The average Bonchev–Trinajstić information content (AvgIpc) is 2.74. The summed E-state index contributed by atoms with van der Waals surface area (Å²) in [5, 5.41) is 7.68. The Morgan fingerprint density at radius 1 is 1.00 bits per heavy atom. The van der Waals surface area contributed by atoms with Crippen LogP contribution in [0.25, 0.3) is 5.69 Å². The quantitative estimate of drug-likeness (QED) is 0.615. The molecule has 0 atom stereocenters. The van der Waals surface area contributed by atoms with Crippen LogP contribution in [0.15, 0.2) is 65.6 Å². The van der Waals surface area contributed by atoms with Crippen molar-refractivity contribution < 1.29 is 0 Å². The lowest BCUT2D eigenvalue weighted by molar-refractivity contribution is 0.295. The van der Waals surface area contributed by atoms with Crippen LogP contribution in [-0.2, 0) is 13.1 Å². The van der Waals surface area contributed by atoms with Crippen LogP contribution in [-0.4, -0.2) is 27.8 Å². The van der Waals surface area contributed by atoms with E-state index in [1.807, 2.05) is 36.4 Å². The molecular weight excluding hydrogens is 372 g/mol. The Labute approximate surface area is 170 Å². The lowest BCUT2D eigenvalue weighted by Gasteiger charge is -2.20. The number of aromatic nitrogens is 2. The molecule has 0 saturated carbocycles. The van der Waals surface area contributed by atoms with Crippen LogP contribution in [0, 0.1) is 0 Å². The number of anilines is 1. The second-order valence-electron chi connectivity index (χ2n) is 6.51. The summed E-state index contributed by atoms with van der Waals surface area (Å²) in [4.78, 5) is 15.0. The first-order valence-corrected chi connectivity index (χ1v) is 9.88. The van der Waals surface area contributed by atoms with E-state index in [4.69, 9.17) is 11.6 Å². The van der Waals surface area contributed by atoms with Gasteiger partial charge in [-0.1, -0.05) is 67.9 Å². The molecule has 0 unspecified atom stereocenters. The molecular formula is C22H25ClN4O. The topological polar surface area (TPSA) is 50.2 Å². The van der Waals surface area contributed by atoms with Crippen LogP contribution in [0.3, 0.4) is 0 Å². The standard InChI is InChI=1S/C22H25ClN4O/c1-3-26(4-2)16-18-11-9-8-10-17(18)14-24-20-15-25-27(22(28)21(20)23)19-12-6-5-7-13-19/h5-13,15,24H,3-4,14,16H2,1-2H3. The lowest BCUT2D eigenvalue weighted by atomic mass is 10.1. The van der Waals surface area contributed by atoms with E-state index in [0.717, 1.165) is 19.6 Å². The summed E-state index contributed by atoms with van der Waals surface area (Å²) in [5.74, 6) is 0. The van der Waals surface area contributed by atoms with Gasteiger partial charge in [0, 0.05) is 13.1 Å². The molecule has 0 aliphatic heterocycles. The molecule has 1 heterocycles. The molecule has 0 radical (unpaired) electrons. The van der Waals surface area contributed by atoms with Crippen LogP contribution in [0.1, 0.15) is 25.0 Å². The first-order chi connectivity index (χ1) is 13.6. The Bertz CT molecular complexity index is 968. The van der Waals surface area contributed by atoms with Crippen molar-refractivity contribution in [1.82, 2.24) is 14.7 Å². The van der Waals surface area contributed by atoms with E-state index < -0.39 is 0 Å². The first-order valence-electron chi connectivity index (χ1n) is 9.50. The van der Waals surface area contributed by atoms with Gasteiger partial charge in [-0.15, -0.1) is 0 Å². The maximum Gasteiger partial charge on any atom is 0.292 e. The molecule has 0 spiro atoms. The van der Waals surface area contributed by atoms with Gasteiger partial charge in [0.2, 0.25) is 0 Å². The number of rotatable bonds is 8. The third kappa shape index (κ3) is 4.61. The minimum atomic E-state index is -0.339. The Morgan fingerprint density at radius 3 is 2.32 bits per heavy atom. The molecule has 146 valence electrons. The van der Waals surface area contributed by atoms with Crippen molar-refractivity contribution >= 4 is 17.3 Å². The zero-order chi connectivity index (χ0) is 19.9. The molecule has 0 amide bonds. The molecule has 0 bridgehead atoms. The van der Waals surface area contributed by atoms with E-state index in [1.54, 1.807) is 6.20 Å². The van der Waals surface area contributed by atoms with Crippen molar-refractivity contribution in [3.05, 3.63) is 87.3 Å². The maximum atomic E-state index is 12.6. The number of halogens is 1. The first kappa shape index (κ1) is 20.1.